The van der Waals surface area contributed by atoms with Crippen LogP contribution < -0.4 is 11.1 Å². The highest BCUT2D eigenvalue weighted by atomic mass is 19.1. The van der Waals surface area contributed by atoms with Crippen LogP contribution in [-0.2, 0) is 11.3 Å². The molecule has 96 valence electrons. The van der Waals surface area contributed by atoms with Crippen LogP contribution >= 0.6 is 0 Å². The van der Waals surface area contributed by atoms with Gasteiger partial charge in [-0.05, 0) is 49.3 Å². The smallest absolute Gasteiger partial charge is 0.227 e. The molecule has 1 aromatic carbocycles. The Kier molecular flexibility index (Phi) is 2.82. The van der Waals surface area contributed by atoms with Crippen molar-refractivity contribution in [3.63, 3.8) is 0 Å². The lowest BCUT2D eigenvalue weighted by molar-refractivity contribution is -0.120. The van der Waals surface area contributed by atoms with Crippen molar-refractivity contribution in [2.75, 3.05) is 5.32 Å². The van der Waals surface area contributed by atoms with Gasteiger partial charge >= 0.3 is 0 Å². The summed E-state index contributed by atoms with van der Waals surface area (Å²) in [5.41, 5.74) is 6.52. The van der Waals surface area contributed by atoms with Gasteiger partial charge in [-0.25, -0.2) is 4.39 Å². The molecule has 0 spiro atoms. The number of rotatable bonds is 3. The van der Waals surface area contributed by atoms with Gasteiger partial charge in [0.2, 0.25) is 5.91 Å². The number of hydrogen-bond donors (Lipinski definition) is 2. The van der Waals surface area contributed by atoms with E-state index in [1.165, 1.54) is 12.5 Å². The molecule has 3 rings (SSSR count). The van der Waals surface area contributed by atoms with Gasteiger partial charge in [-0.15, -0.1) is 0 Å². The second-order valence-electron chi connectivity index (χ2n) is 5.42. The van der Waals surface area contributed by atoms with E-state index in [0.29, 0.717) is 11.3 Å². The first kappa shape index (κ1) is 11.7. The van der Waals surface area contributed by atoms with Gasteiger partial charge in [0.25, 0.3) is 0 Å². The predicted molar refractivity (Wildman–Crippen MR) is 67.2 cm³/mol. The zero-order chi connectivity index (χ0) is 12.7. The molecule has 0 saturated heterocycles. The Bertz CT molecular complexity index is 479. The summed E-state index contributed by atoms with van der Waals surface area (Å²) in [5, 5.41) is 2.87. The van der Waals surface area contributed by atoms with E-state index in [2.05, 4.69) is 5.32 Å². The number of nitrogens with two attached hydrogens (primary N) is 1. The Labute approximate surface area is 106 Å². The molecule has 2 unspecified atom stereocenters. The second-order valence-corrected chi connectivity index (χ2v) is 5.42. The fraction of sp³-hybridized carbons (Fsp3) is 0.500. The second kappa shape index (κ2) is 4.35. The molecular formula is C14H17FN2O. The van der Waals surface area contributed by atoms with E-state index in [1.54, 1.807) is 12.1 Å². The SMILES string of the molecule is NCc1cc(NC(=O)C2CC3CC3C2)ccc1F. The molecule has 0 radical (unpaired) electrons. The summed E-state index contributed by atoms with van der Waals surface area (Å²) in [4.78, 5) is 12.0. The Morgan fingerprint density at radius 1 is 1.33 bits per heavy atom. The minimum atomic E-state index is -0.322. The van der Waals surface area contributed by atoms with Crippen LogP contribution in [0.1, 0.15) is 24.8 Å². The monoisotopic (exact) mass is 248 g/mol. The molecule has 2 aliphatic carbocycles. The molecule has 2 saturated carbocycles. The standard InChI is InChI=1S/C14H17FN2O/c15-13-2-1-12(6-11(13)7-16)17-14(18)10-4-8-3-9(8)5-10/h1-2,6,8-10H,3-5,7,16H2,(H,17,18). The van der Waals surface area contributed by atoms with Gasteiger partial charge in [0.15, 0.2) is 0 Å². The van der Waals surface area contributed by atoms with Gasteiger partial charge in [0, 0.05) is 23.7 Å². The summed E-state index contributed by atoms with van der Waals surface area (Å²) in [6.07, 6.45) is 3.33. The lowest BCUT2D eigenvalue weighted by Gasteiger charge is -2.13. The average molecular weight is 248 g/mol. The first-order chi connectivity index (χ1) is 8.67. The van der Waals surface area contributed by atoms with Crippen molar-refractivity contribution < 1.29 is 9.18 Å². The fourth-order valence-electron chi connectivity index (χ4n) is 2.98. The zero-order valence-corrected chi connectivity index (χ0v) is 10.2. The molecule has 0 heterocycles. The summed E-state index contributed by atoms with van der Waals surface area (Å²) >= 11 is 0. The highest BCUT2D eigenvalue weighted by molar-refractivity contribution is 5.92. The summed E-state index contributed by atoms with van der Waals surface area (Å²) in [6.45, 7) is 0.142. The largest absolute Gasteiger partial charge is 0.326 e. The van der Waals surface area contributed by atoms with E-state index in [-0.39, 0.29) is 24.2 Å². The van der Waals surface area contributed by atoms with Crippen LogP contribution in [0.2, 0.25) is 0 Å². The van der Waals surface area contributed by atoms with Crippen LogP contribution in [-0.4, -0.2) is 5.91 Å². The lowest BCUT2D eigenvalue weighted by atomic mass is 10.0. The van der Waals surface area contributed by atoms with E-state index in [0.717, 1.165) is 24.7 Å². The van der Waals surface area contributed by atoms with Crippen LogP contribution in [0.25, 0.3) is 0 Å². The van der Waals surface area contributed by atoms with Crippen molar-refractivity contribution in [3.8, 4) is 0 Å². The summed E-state index contributed by atoms with van der Waals surface area (Å²) in [7, 11) is 0. The van der Waals surface area contributed by atoms with Crippen molar-refractivity contribution >= 4 is 11.6 Å². The Morgan fingerprint density at radius 2 is 2.06 bits per heavy atom. The molecule has 18 heavy (non-hydrogen) atoms. The first-order valence-corrected chi connectivity index (χ1v) is 6.46. The quantitative estimate of drug-likeness (QED) is 0.862. The normalized spacial score (nSPS) is 28.9. The van der Waals surface area contributed by atoms with Crippen LogP contribution in [0.4, 0.5) is 10.1 Å². The molecule has 2 aliphatic rings. The van der Waals surface area contributed by atoms with Crippen molar-refractivity contribution in [1.82, 2.24) is 0 Å². The maximum atomic E-state index is 13.3. The maximum absolute atomic E-state index is 13.3. The van der Waals surface area contributed by atoms with Crippen LogP contribution in [0, 0.1) is 23.6 Å². The third kappa shape index (κ3) is 2.12. The van der Waals surface area contributed by atoms with Crippen molar-refractivity contribution in [2.24, 2.45) is 23.5 Å². The van der Waals surface area contributed by atoms with E-state index in [1.807, 2.05) is 0 Å². The third-order valence-electron chi connectivity index (χ3n) is 4.15. The van der Waals surface area contributed by atoms with E-state index in [9.17, 15) is 9.18 Å². The number of benzene rings is 1. The fourth-order valence-corrected chi connectivity index (χ4v) is 2.98. The van der Waals surface area contributed by atoms with Crippen molar-refractivity contribution in [3.05, 3.63) is 29.6 Å². The minimum Gasteiger partial charge on any atom is -0.326 e. The molecule has 3 nitrogen and oxygen atoms in total. The van der Waals surface area contributed by atoms with Crippen molar-refractivity contribution in [2.45, 2.75) is 25.8 Å². The first-order valence-electron chi connectivity index (χ1n) is 6.46. The number of hydrogen-bond acceptors (Lipinski definition) is 2. The number of amides is 1. The van der Waals surface area contributed by atoms with Gasteiger partial charge in [0.05, 0.1) is 0 Å². The zero-order valence-electron chi connectivity index (χ0n) is 10.2. The van der Waals surface area contributed by atoms with Crippen LogP contribution in [0.5, 0.6) is 0 Å². The summed E-state index contributed by atoms with van der Waals surface area (Å²) in [5.74, 6) is 1.46. The summed E-state index contributed by atoms with van der Waals surface area (Å²) in [6, 6.07) is 4.55. The maximum Gasteiger partial charge on any atom is 0.227 e. The molecule has 2 atom stereocenters. The van der Waals surface area contributed by atoms with Gasteiger partial charge in [-0.1, -0.05) is 0 Å². The number of nitrogens with one attached hydrogen (secondary N) is 1. The predicted octanol–water partition coefficient (Wildman–Crippen LogP) is 2.27. The number of anilines is 1. The van der Waals surface area contributed by atoms with Crippen molar-refractivity contribution in [1.29, 1.82) is 0 Å². The van der Waals surface area contributed by atoms with E-state index < -0.39 is 0 Å². The third-order valence-corrected chi connectivity index (χ3v) is 4.15. The number of carbonyl (C=O) groups excluding carboxylic acids is 1. The van der Waals surface area contributed by atoms with Crippen LogP contribution in [0.3, 0.4) is 0 Å². The molecule has 3 N–H and O–H groups in total. The van der Waals surface area contributed by atoms with Gasteiger partial charge in [-0.3, -0.25) is 4.79 Å². The Morgan fingerprint density at radius 3 is 2.72 bits per heavy atom. The highest BCUT2D eigenvalue weighted by Crippen LogP contribution is 2.54. The molecule has 0 aromatic heterocycles. The molecule has 4 heteroatoms. The number of carbonyl (C=O) groups is 1. The average Bonchev–Trinajstić information content (AvgIpc) is 2.98. The summed E-state index contributed by atoms with van der Waals surface area (Å²) < 4.78 is 13.3. The molecule has 1 amide bonds. The Balaban J connectivity index is 1.66. The highest BCUT2D eigenvalue weighted by Gasteiger charge is 2.47. The number of fused-ring (bicyclic) bond motifs is 1. The molecular weight excluding hydrogens is 231 g/mol. The Hall–Kier alpha value is -1.42. The van der Waals surface area contributed by atoms with E-state index in [4.69, 9.17) is 5.73 Å². The lowest BCUT2D eigenvalue weighted by Crippen LogP contribution is -2.21. The molecule has 2 fully saturated rings. The molecule has 0 bridgehead atoms. The van der Waals surface area contributed by atoms with Gasteiger partial charge in [-0.2, -0.15) is 0 Å². The number of halogens is 1. The van der Waals surface area contributed by atoms with E-state index >= 15 is 0 Å². The topological polar surface area (TPSA) is 55.1 Å². The van der Waals surface area contributed by atoms with Crippen LogP contribution in [0.15, 0.2) is 18.2 Å². The van der Waals surface area contributed by atoms with Gasteiger partial charge < -0.3 is 11.1 Å². The molecule has 1 aromatic rings. The van der Waals surface area contributed by atoms with Gasteiger partial charge in [0.1, 0.15) is 5.82 Å². The minimum absolute atomic E-state index is 0.0665. The molecule has 0 aliphatic heterocycles.